The molecule has 0 bridgehead atoms. The van der Waals surface area contributed by atoms with Crippen LogP contribution < -0.4 is 4.74 Å². The summed E-state index contributed by atoms with van der Waals surface area (Å²) in [6.45, 7) is 5.93. The first-order valence-electron chi connectivity index (χ1n) is 10.7. The summed E-state index contributed by atoms with van der Waals surface area (Å²) >= 11 is 0. The first kappa shape index (κ1) is 19.9. The van der Waals surface area contributed by atoms with Crippen LogP contribution in [-0.2, 0) is 0 Å². The predicted molar refractivity (Wildman–Crippen MR) is 114 cm³/mol. The van der Waals surface area contributed by atoms with Crippen LogP contribution in [0.2, 0.25) is 0 Å². The van der Waals surface area contributed by atoms with E-state index in [9.17, 15) is 9.18 Å². The molecule has 0 heterocycles. The summed E-state index contributed by atoms with van der Waals surface area (Å²) in [6, 6.07) is 12.1. The minimum atomic E-state index is -0.522. The molecule has 2 fully saturated rings. The number of carbonyl (C=O) groups is 1. The largest absolute Gasteiger partial charge is 0.423 e. The molecule has 4 unspecified atom stereocenters. The maximum Gasteiger partial charge on any atom is 0.343 e. The van der Waals surface area contributed by atoms with Gasteiger partial charge in [-0.2, -0.15) is 0 Å². The molecule has 0 amide bonds. The van der Waals surface area contributed by atoms with Gasteiger partial charge in [-0.25, -0.2) is 9.18 Å². The fraction of sp³-hybridized carbons (Fsp3) is 0.423. The van der Waals surface area contributed by atoms with E-state index in [0.29, 0.717) is 17.6 Å². The van der Waals surface area contributed by atoms with Crippen molar-refractivity contribution in [3.63, 3.8) is 0 Å². The SMILES string of the molecule is C=CC1CCC2CC(c3ccc(C(=O)Oc4ccc(C)cc4)cc3F)CCC2C1. The van der Waals surface area contributed by atoms with Gasteiger partial charge in [0.25, 0.3) is 0 Å². The van der Waals surface area contributed by atoms with Gasteiger partial charge < -0.3 is 4.74 Å². The van der Waals surface area contributed by atoms with Crippen molar-refractivity contribution in [1.82, 2.24) is 0 Å². The van der Waals surface area contributed by atoms with Gasteiger partial charge in [-0.3, -0.25) is 0 Å². The summed E-state index contributed by atoms with van der Waals surface area (Å²) < 4.78 is 20.3. The maximum atomic E-state index is 14.9. The maximum absolute atomic E-state index is 14.9. The first-order valence-corrected chi connectivity index (χ1v) is 10.7. The molecule has 2 aromatic rings. The van der Waals surface area contributed by atoms with Crippen LogP contribution in [0.25, 0.3) is 0 Å². The van der Waals surface area contributed by atoms with Gasteiger partial charge in [0.15, 0.2) is 0 Å². The number of halogens is 1. The molecule has 0 N–H and O–H groups in total. The number of benzene rings is 2. The van der Waals surface area contributed by atoms with E-state index in [1.54, 1.807) is 24.3 Å². The monoisotopic (exact) mass is 392 g/mol. The van der Waals surface area contributed by atoms with Crippen molar-refractivity contribution in [3.05, 3.63) is 77.6 Å². The van der Waals surface area contributed by atoms with Crippen molar-refractivity contribution in [1.29, 1.82) is 0 Å². The van der Waals surface area contributed by atoms with E-state index in [2.05, 4.69) is 12.7 Å². The van der Waals surface area contributed by atoms with Crippen molar-refractivity contribution in [3.8, 4) is 5.75 Å². The van der Waals surface area contributed by atoms with Gasteiger partial charge in [0.1, 0.15) is 11.6 Å². The van der Waals surface area contributed by atoms with Crippen molar-refractivity contribution in [2.45, 2.75) is 51.4 Å². The van der Waals surface area contributed by atoms with E-state index in [1.807, 2.05) is 19.1 Å². The summed E-state index contributed by atoms with van der Waals surface area (Å²) in [5.41, 5.74) is 2.10. The Morgan fingerprint density at radius 3 is 2.48 bits per heavy atom. The number of allylic oxidation sites excluding steroid dienone is 1. The quantitative estimate of drug-likeness (QED) is 0.323. The van der Waals surface area contributed by atoms with Crippen molar-refractivity contribution in [2.75, 3.05) is 0 Å². The Morgan fingerprint density at radius 2 is 1.76 bits per heavy atom. The molecule has 0 radical (unpaired) electrons. The lowest BCUT2D eigenvalue weighted by Crippen LogP contribution is -2.30. The highest BCUT2D eigenvalue weighted by Crippen LogP contribution is 2.48. The molecular formula is C26H29FO2. The first-order chi connectivity index (χ1) is 14.0. The van der Waals surface area contributed by atoms with E-state index >= 15 is 0 Å². The van der Waals surface area contributed by atoms with Crippen LogP contribution in [0.5, 0.6) is 5.75 Å². The molecule has 2 nitrogen and oxygen atoms in total. The third-order valence-corrected chi connectivity index (χ3v) is 6.89. The van der Waals surface area contributed by atoms with Gasteiger partial charge in [0, 0.05) is 0 Å². The number of rotatable bonds is 4. The van der Waals surface area contributed by atoms with Gasteiger partial charge in [-0.15, -0.1) is 6.58 Å². The predicted octanol–water partition coefficient (Wildman–Crippen LogP) is 6.84. The Labute approximate surface area is 172 Å². The zero-order chi connectivity index (χ0) is 20.4. The van der Waals surface area contributed by atoms with Crippen LogP contribution in [0.4, 0.5) is 4.39 Å². The molecule has 152 valence electrons. The molecule has 0 spiro atoms. The highest BCUT2D eigenvalue weighted by molar-refractivity contribution is 5.91. The molecule has 2 aromatic carbocycles. The Hall–Kier alpha value is -2.42. The molecule has 0 saturated heterocycles. The molecule has 29 heavy (non-hydrogen) atoms. The molecule has 4 rings (SSSR count). The Morgan fingerprint density at radius 1 is 1.03 bits per heavy atom. The fourth-order valence-corrected chi connectivity index (χ4v) is 5.18. The zero-order valence-corrected chi connectivity index (χ0v) is 17.1. The summed E-state index contributed by atoms with van der Waals surface area (Å²) in [5, 5.41) is 0. The van der Waals surface area contributed by atoms with E-state index in [-0.39, 0.29) is 17.3 Å². The average Bonchev–Trinajstić information content (AvgIpc) is 2.74. The molecule has 2 aliphatic rings. The van der Waals surface area contributed by atoms with E-state index in [0.717, 1.165) is 36.3 Å². The molecule has 4 atom stereocenters. The lowest BCUT2D eigenvalue weighted by Gasteiger charge is -2.41. The van der Waals surface area contributed by atoms with Crippen LogP contribution in [0.15, 0.2) is 55.1 Å². The number of hydrogen-bond donors (Lipinski definition) is 0. The van der Waals surface area contributed by atoms with E-state index in [1.165, 1.54) is 25.3 Å². The molecule has 2 saturated carbocycles. The van der Waals surface area contributed by atoms with Crippen molar-refractivity contribution < 1.29 is 13.9 Å². The smallest absolute Gasteiger partial charge is 0.343 e. The number of esters is 1. The van der Waals surface area contributed by atoms with Crippen LogP contribution in [-0.4, -0.2) is 5.97 Å². The van der Waals surface area contributed by atoms with Crippen LogP contribution in [0, 0.1) is 30.5 Å². The molecule has 0 aromatic heterocycles. The second-order valence-electron chi connectivity index (χ2n) is 8.78. The Balaban J connectivity index is 1.43. The molecule has 2 aliphatic carbocycles. The van der Waals surface area contributed by atoms with E-state index in [4.69, 9.17) is 4.74 Å². The molecule has 0 aliphatic heterocycles. The Bertz CT molecular complexity index is 886. The lowest BCUT2D eigenvalue weighted by molar-refractivity contribution is 0.0734. The van der Waals surface area contributed by atoms with Crippen molar-refractivity contribution in [2.24, 2.45) is 17.8 Å². The second-order valence-corrected chi connectivity index (χ2v) is 8.78. The van der Waals surface area contributed by atoms with Gasteiger partial charge >= 0.3 is 5.97 Å². The number of ether oxygens (including phenoxy) is 1. The van der Waals surface area contributed by atoms with Gasteiger partial charge in [-0.05, 0) is 98.9 Å². The van der Waals surface area contributed by atoms with Gasteiger partial charge in [0.2, 0.25) is 0 Å². The summed E-state index contributed by atoms with van der Waals surface area (Å²) in [5.74, 6) is 2.02. The number of fused-ring (bicyclic) bond motifs is 1. The topological polar surface area (TPSA) is 26.3 Å². The second kappa shape index (κ2) is 8.52. The number of carbonyl (C=O) groups excluding carboxylic acids is 1. The average molecular weight is 393 g/mol. The highest BCUT2D eigenvalue weighted by atomic mass is 19.1. The summed E-state index contributed by atoms with van der Waals surface area (Å²) in [6.07, 6.45) is 9.03. The standard InChI is InChI=1S/C26H29FO2/c1-3-18-6-7-20-15-21(9-8-19(20)14-18)24-13-10-22(16-25(24)27)26(28)29-23-11-4-17(2)5-12-23/h3-5,10-13,16,18-21H,1,6-9,14-15H2,2H3. The van der Waals surface area contributed by atoms with Crippen molar-refractivity contribution >= 4 is 5.97 Å². The van der Waals surface area contributed by atoms with Crippen LogP contribution >= 0.6 is 0 Å². The minimum Gasteiger partial charge on any atom is -0.423 e. The van der Waals surface area contributed by atoms with Gasteiger partial charge in [0.05, 0.1) is 5.56 Å². The Kier molecular flexibility index (Phi) is 5.84. The molecule has 3 heteroatoms. The fourth-order valence-electron chi connectivity index (χ4n) is 5.18. The zero-order valence-electron chi connectivity index (χ0n) is 17.1. The number of aryl methyl sites for hydroxylation is 1. The lowest BCUT2D eigenvalue weighted by atomic mass is 9.64. The third-order valence-electron chi connectivity index (χ3n) is 6.89. The number of hydrogen-bond acceptors (Lipinski definition) is 2. The molecular weight excluding hydrogens is 363 g/mol. The van der Waals surface area contributed by atoms with Crippen LogP contribution in [0.3, 0.4) is 0 Å². The van der Waals surface area contributed by atoms with Gasteiger partial charge in [-0.1, -0.05) is 29.8 Å². The highest BCUT2D eigenvalue weighted by Gasteiger charge is 2.36. The minimum absolute atomic E-state index is 0.249. The van der Waals surface area contributed by atoms with Crippen LogP contribution in [0.1, 0.15) is 65.9 Å². The third kappa shape index (κ3) is 4.44. The van der Waals surface area contributed by atoms with E-state index < -0.39 is 5.97 Å². The normalized spacial score (nSPS) is 26.4. The summed E-state index contributed by atoms with van der Waals surface area (Å²) in [7, 11) is 0. The summed E-state index contributed by atoms with van der Waals surface area (Å²) in [4.78, 5) is 12.4.